The Labute approximate surface area is 114 Å². The molecule has 20 heavy (non-hydrogen) atoms. The summed E-state index contributed by atoms with van der Waals surface area (Å²) in [6.45, 7) is -1.97. The lowest BCUT2D eigenvalue weighted by Crippen LogP contribution is -2.38. The lowest BCUT2D eigenvalue weighted by atomic mass is 10.3. The standard InChI is InChI=1S/C11H13F2NO5S/c12-11(13,7-15)6-14-20(16,17)8-1-2-9-10(5-8)19-4-3-18-9/h1-2,5,14-15H,3-4,6-7H2. The number of hydrogen-bond acceptors (Lipinski definition) is 5. The molecule has 1 aliphatic heterocycles. The van der Waals surface area contributed by atoms with E-state index in [1.165, 1.54) is 18.2 Å². The first kappa shape index (κ1) is 14.9. The molecule has 0 saturated carbocycles. The molecule has 0 spiro atoms. The minimum absolute atomic E-state index is 0.213. The highest BCUT2D eigenvalue weighted by Crippen LogP contribution is 2.32. The van der Waals surface area contributed by atoms with Crippen LogP contribution in [0.25, 0.3) is 0 Å². The predicted octanol–water partition coefficient (Wildman–Crippen LogP) is 0.364. The van der Waals surface area contributed by atoms with E-state index in [2.05, 4.69) is 0 Å². The Morgan fingerprint density at radius 2 is 1.90 bits per heavy atom. The minimum atomic E-state index is -4.11. The van der Waals surface area contributed by atoms with Crippen LogP contribution in [0.2, 0.25) is 0 Å². The summed E-state index contributed by atoms with van der Waals surface area (Å²) >= 11 is 0. The van der Waals surface area contributed by atoms with E-state index in [9.17, 15) is 17.2 Å². The number of ether oxygens (including phenoxy) is 2. The molecule has 0 bridgehead atoms. The minimum Gasteiger partial charge on any atom is -0.486 e. The van der Waals surface area contributed by atoms with Crippen LogP contribution in [0.15, 0.2) is 23.1 Å². The highest BCUT2D eigenvalue weighted by atomic mass is 32.2. The lowest BCUT2D eigenvalue weighted by molar-refractivity contribution is -0.0437. The van der Waals surface area contributed by atoms with Crippen molar-refractivity contribution >= 4 is 10.0 Å². The van der Waals surface area contributed by atoms with Crippen molar-refractivity contribution < 1.29 is 31.8 Å². The van der Waals surface area contributed by atoms with Crippen LogP contribution in [0, 0.1) is 0 Å². The summed E-state index contributed by atoms with van der Waals surface area (Å²) in [5.41, 5.74) is 0. The average molecular weight is 309 g/mol. The zero-order valence-electron chi connectivity index (χ0n) is 10.3. The molecule has 0 atom stereocenters. The zero-order chi connectivity index (χ0) is 14.8. The number of aliphatic hydroxyl groups excluding tert-OH is 1. The smallest absolute Gasteiger partial charge is 0.283 e. The van der Waals surface area contributed by atoms with E-state index in [1.54, 1.807) is 4.72 Å². The first-order valence-corrected chi connectivity index (χ1v) is 7.20. The number of fused-ring (bicyclic) bond motifs is 1. The summed E-state index contributed by atoms with van der Waals surface area (Å²) in [4.78, 5) is -0.213. The van der Waals surface area contributed by atoms with Gasteiger partial charge in [-0.15, -0.1) is 0 Å². The number of alkyl halides is 2. The quantitative estimate of drug-likeness (QED) is 0.820. The number of sulfonamides is 1. The topological polar surface area (TPSA) is 84.9 Å². The molecule has 112 valence electrons. The third kappa shape index (κ3) is 3.35. The molecule has 1 aromatic carbocycles. The number of rotatable bonds is 5. The number of benzene rings is 1. The van der Waals surface area contributed by atoms with Gasteiger partial charge in [0.15, 0.2) is 11.5 Å². The molecule has 6 nitrogen and oxygen atoms in total. The van der Waals surface area contributed by atoms with E-state index in [1.807, 2.05) is 0 Å². The fourth-order valence-corrected chi connectivity index (χ4v) is 2.61. The summed E-state index contributed by atoms with van der Waals surface area (Å²) in [5, 5.41) is 8.40. The van der Waals surface area contributed by atoms with E-state index in [-0.39, 0.29) is 17.3 Å². The molecule has 0 amide bonds. The van der Waals surface area contributed by atoms with Crippen LogP contribution in [0.4, 0.5) is 8.78 Å². The highest BCUT2D eigenvalue weighted by molar-refractivity contribution is 7.89. The second kappa shape index (κ2) is 5.51. The lowest BCUT2D eigenvalue weighted by Gasteiger charge is -2.19. The Bertz CT molecular complexity index is 590. The average Bonchev–Trinajstić information content (AvgIpc) is 2.45. The van der Waals surface area contributed by atoms with Gasteiger partial charge in [-0.3, -0.25) is 0 Å². The first-order valence-electron chi connectivity index (χ1n) is 5.72. The van der Waals surface area contributed by atoms with Gasteiger partial charge in [-0.05, 0) is 12.1 Å². The van der Waals surface area contributed by atoms with Gasteiger partial charge < -0.3 is 14.6 Å². The van der Waals surface area contributed by atoms with E-state index >= 15 is 0 Å². The van der Waals surface area contributed by atoms with Gasteiger partial charge in [0, 0.05) is 6.07 Å². The zero-order valence-corrected chi connectivity index (χ0v) is 11.1. The molecule has 1 heterocycles. The molecule has 0 aromatic heterocycles. The molecule has 0 fully saturated rings. The molecule has 2 rings (SSSR count). The molecule has 0 unspecified atom stereocenters. The SMILES string of the molecule is O=S(=O)(NCC(F)(F)CO)c1ccc2c(c1)OCCO2. The molecule has 0 saturated heterocycles. The van der Waals surface area contributed by atoms with Crippen LogP contribution in [-0.2, 0) is 10.0 Å². The fraction of sp³-hybridized carbons (Fsp3) is 0.455. The maximum Gasteiger partial charge on any atom is 0.283 e. The van der Waals surface area contributed by atoms with Gasteiger partial charge in [0.2, 0.25) is 10.0 Å². The Kier molecular flexibility index (Phi) is 4.11. The van der Waals surface area contributed by atoms with Crippen molar-refractivity contribution in [1.29, 1.82) is 0 Å². The van der Waals surface area contributed by atoms with Crippen molar-refractivity contribution in [2.45, 2.75) is 10.8 Å². The van der Waals surface area contributed by atoms with Crippen LogP contribution in [-0.4, -0.2) is 45.8 Å². The van der Waals surface area contributed by atoms with Crippen molar-refractivity contribution in [2.24, 2.45) is 0 Å². The Hall–Kier alpha value is -1.45. The second-order valence-electron chi connectivity index (χ2n) is 4.14. The predicted molar refractivity (Wildman–Crippen MR) is 64.7 cm³/mol. The van der Waals surface area contributed by atoms with Gasteiger partial charge in [0.1, 0.15) is 19.8 Å². The Morgan fingerprint density at radius 3 is 2.55 bits per heavy atom. The van der Waals surface area contributed by atoms with Gasteiger partial charge in [0.25, 0.3) is 5.92 Å². The summed E-state index contributed by atoms with van der Waals surface area (Å²) in [6.07, 6.45) is 0. The van der Waals surface area contributed by atoms with Crippen LogP contribution >= 0.6 is 0 Å². The van der Waals surface area contributed by atoms with Crippen molar-refractivity contribution in [3.8, 4) is 11.5 Å². The monoisotopic (exact) mass is 309 g/mol. The summed E-state index contributed by atoms with van der Waals surface area (Å²) in [7, 11) is -4.11. The summed E-state index contributed by atoms with van der Waals surface area (Å²) < 4.78 is 61.6. The van der Waals surface area contributed by atoms with Crippen LogP contribution in [0.5, 0.6) is 11.5 Å². The second-order valence-corrected chi connectivity index (χ2v) is 5.91. The molecule has 9 heteroatoms. The molecule has 1 aliphatic rings. The van der Waals surface area contributed by atoms with Crippen LogP contribution in [0.1, 0.15) is 0 Å². The normalized spacial score (nSPS) is 15.2. The van der Waals surface area contributed by atoms with Gasteiger partial charge in [-0.2, -0.15) is 0 Å². The van der Waals surface area contributed by atoms with E-state index in [4.69, 9.17) is 14.6 Å². The van der Waals surface area contributed by atoms with E-state index in [0.717, 1.165) is 0 Å². The van der Waals surface area contributed by atoms with Crippen molar-refractivity contribution in [1.82, 2.24) is 4.72 Å². The van der Waals surface area contributed by atoms with Gasteiger partial charge >= 0.3 is 0 Å². The molecule has 2 N–H and O–H groups in total. The highest BCUT2D eigenvalue weighted by Gasteiger charge is 2.30. The van der Waals surface area contributed by atoms with Crippen molar-refractivity contribution in [3.63, 3.8) is 0 Å². The van der Waals surface area contributed by atoms with Crippen molar-refractivity contribution in [3.05, 3.63) is 18.2 Å². The molecule has 0 radical (unpaired) electrons. The van der Waals surface area contributed by atoms with E-state index in [0.29, 0.717) is 12.4 Å². The maximum atomic E-state index is 12.9. The van der Waals surface area contributed by atoms with Crippen molar-refractivity contribution in [2.75, 3.05) is 26.4 Å². The van der Waals surface area contributed by atoms with Crippen LogP contribution < -0.4 is 14.2 Å². The molecular formula is C11H13F2NO5S. The third-order valence-electron chi connectivity index (χ3n) is 2.58. The fourth-order valence-electron chi connectivity index (χ4n) is 1.53. The molecule has 1 aromatic rings. The number of hydrogen-bond donors (Lipinski definition) is 2. The van der Waals surface area contributed by atoms with Gasteiger partial charge in [0.05, 0.1) is 11.4 Å². The Balaban J connectivity index is 2.17. The largest absolute Gasteiger partial charge is 0.486 e. The summed E-state index contributed by atoms with van der Waals surface area (Å²) in [5.74, 6) is -2.87. The Morgan fingerprint density at radius 1 is 1.25 bits per heavy atom. The van der Waals surface area contributed by atoms with Gasteiger partial charge in [-0.1, -0.05) is 0 Å². The molecule has 0 aliphatic carbocycles. The van der Waals surface area contributed by atoms with E-state index < -0.39 is 29.1 Å². The number of aliphatic hydroxyl groups is 1. The number of nitrogens with one attached hydrogen (secondary N) is 1. The maximum absolute atomic E-state index is 12.9. The number of halogens is 2. The van der Waals surface area contributed by atoms with Crippen LogP contribution in [0.3, 0.4) is 0 Å². The first-order chi connectivity index (χ1) is 9.34. The van der Waals surface area contributed by atoms with Gasteiger partial charge in [-0.25, -0.2) is 21.9 Å². The molecular weight excluding hydrogens is 296 g/mol. The third-order valence-corrected chi connectivity index (χ3v) is 3.98. The summed E-state index contributed by atoms with van der Waals surface area (Å²) in [6, 6.07) is 3.83.